The quantitative estimate of drug-likeness (QED) is 0.772. The summed E-state index contributed by atoms with van der Waals surface area (Å²) < 4.78 is 13.9. The van der Waals surface area contributed by atoms with E-state index in [-0.39, 0.29) is 5.82 Å². The van der Waals surface area contributed by atoms with Crippen LogP contribution in [0.2, 0.25) is 0 Å². The lowest BCUT2D eigenvalue weighted by atomic mass is 10.1. The highest BCUT2D eigenvalue weighted by atomic mass is 19.1. The molecule has 0 fully saturated rings. The molecule has 0 amide bonds. The molecular formula is C16H15FN4. The van der Waals surface area contributed by atoms with E-state index in [0.29, 0.717) is 24.5 Å². The maximum Gasteiger partial charge on any atom is 0.145 e. The molecule has 0 radical (unpaired) electrons. The van der Waals surface area contributed by atoms with Crippen LogP contribution < -0.4 is 11.1 Å². The maximum atomic E-state index is 13.9. The minimum atomic E-state index is -0.265. The van der Waals surface area contributed by atoms with Gasteiger partial charge in [-0.3, -0.25) is 4.98 Å². The fourth-order valence-corrected chi connectivity index (χ4v) is 2.09. The van der Waals surface area contributed by atoms with Crippen molar-refractivity contribution in [2.24, 2.45) is 5.73 Å². The molecule has 0 spiro atoms. The summed E-state index contributed by atoms with van der Waals surface area (Å²) in [6.45, 7) is 0.685. The molecule has 1 heterocycles. The Kier molecular flexibility index (Phi) is 3.75. The van der Waals surface area contributed by atoms with Crippen LogP contribution in [0.25, 0.3) is 11.0 Å². The lowest BCUT2D eigenvalue weighted by Crippen LogP contribution is -2.05. The Balaban J connectivity index is 1.77. The third-order valence-electron chi connectivity index (χ3n) is 3.26. The first-order valence-corrected chi connectivity index (χ1v) is 6.69. The summed E-state index contributed by atoms with van der Waals surface area (Å²) in [6, 6.07) is 12.6. The standard InChI is InChI=1S/C16H15FN4/c17-13-7-11(8-18)5-6-12(13)9-20-16-10-19-14-3-1-2-4-15(14)21-16/h1-7,10H,8-9,18H2,(H,20,21). The van der Waals surface area contributed by atoms with E-state index < -0.39 is 0 Å². The molecule has 0 saturated heterocycles. The molecule has 106 valence electrons. The van der Waals surface area contributed by atoms with Crippen LogP contribution >= 0.6 is 0 Å². The molecule has 3 aromatic rings. The average molecular weight is 282 g/mol. The third kappa shape index (κ3) is 2.98. The molecule has 0 atom stereocenters. The molecule has 1 aromatic heterocycles. The fourth-order valence-electron chi connectivity index (χ4n) is 2.09. The minimum absolute atomic E-state index is 0.265. The van der Waals surface area contributed by atoms with Gasteiger partial charge in [0.2, 0.25) is 0 Å². The van der Waals surface area contributed by atoms with Crippen LogP contribution in [0.5, 0.6) is 0 Å². The third-order valence-corrected chi connectivity index (χ3v) is 3.26. The Bertz CT molecular complexity index is 773. The summed E-state index contributed by atoms with van der Waals surface area (Å²) in [4.78, 5) is 8.75. The van der Waals surface area contributed by atoms with E-state index in [1.807, 2.05) is 30.3 Å². The summed E-state index contributed by atoms with van der Waals surface area (Å²) in [7, 11) is 0. The smallest absolute Gasteiger partial charge is 0.145 e. The summed E-state index contributed by atoms with van der Waals surface area (Å²) in [6.07, 6.45) is 1.65. The number of halogens is 1. The van der Waals surface area contributed by atoms with Crippen LogP contribution in [0.15, 0.2) is 48.7 Å². The zero-order chi connectivity index (χ0) is 14.7. The van der Waals surface area contributed by atoms with E-state index in [2.05, 4.69) is 15.3 Å². The van der Waals surface area contributed by atoms with Crippen molar-refractivity contribution in [3.8, 4) is 0 Å². The van der Waals surface area contributed by atoms with Gasteiger partial charge in [0.15, 0.2) is 0 Å². The van der Waals surface area contributed by atoms with E-state index in [9.17, 15) is 4.39 Å². The van der Waals surface area contributed by atoms with Gasteiger partial charge in [-0.1, -0.05) is 24.3 Å². The summed E-state index contributed by atoms with van der Waals surface area (Å²) in [5.74, 6) is 0.357. The molecule has 0 aliphatic carbocycles. The Labute approximate surface area is 121 Å². The van der Waals surface area contributed by atoms with E-state index in [4.69, 9.17) is 5.73 Å². The first kappa shape index (κ1) is 13.5. The minimum Gasteiger partial charge on any atom is -0.365 e. The fraction of sp³-hybridized carbons (Fsp3) is 0.125. The number of para-hydroxylation sites is 2. The number of hydrogen-bond donors (Lipinski definition) is 2. The normalized spacial score (nSPS) is 10.8. The number of nitrogens with zero attached hydrogens (tertiary/aromatic N) is 2. The molecule has 0 unspecified atom stereocenters. The predicted octanol–water partition coefficient (Wildman–Crippen LogP) is 2.84. The van der Waals surface area contributed by atoms with Crippen LogP contribution in [0.1, 0.15) is 11.1 Å². The van der Waals surface area contributed by atoms with Crippen molar-refractivity contribution < 1.29 is 4.39 Å². The maximum absolute atomic E-state index is 13.9. The topological polar surface area (TPSA) is 63.8 Å². The van der Waals surface area contributed by atoms with Gasteiger partial charge < -0.3 is 11.1 Å². The van der Waals surface area contributed by atoms with Gasteiger partial charge in [-0.15, -0.1) is 0 Å². The second-order valence-electron chi connectivity index (χ2n) is 4.73. The van der Waals surface area contributed by atoms with Gasteiger partial charge in [-0.2, -0.15) is 0 Å². The van der Waals surface area contributed by atoms with E-state index in [0.717, 1.165) is 16.6 Å². The first-order valence-electron chi connectivity index (χ1n) is 6.69. The van der Waals surface area contributed by atoms with Crippen LogP contribution in [-0.2, 0) is 13.1 Å². The lowest BCUT2D eigenvalue weighted by molar-refractivity contribution is 0.610. The second-order valence-corrected chi connectivity index (χ2v) is 4.73. The SMILES string of the molecule is NCc1ccc(CNc2cnc3ccccc3n2)c(F)c1. The van der Waals surface area contributed by atoms with Crippen molar-refractivity contribution in [3.05, 3.63) is 65.6 Å². The van der Waals surface area contributed by atoms with Crippen molar-refractivity contribution >= 4 is 16.9 Å². The number of aromatic nitrogens is 2. The Morgan fingerprint density at radius 3 is 2.67 bits per heavy atom. The lowest BCUT2D eigenvalue weighted by Gasteiger charge is -2.08. The van der Waals surface area contributed by atoms with Crippen molar-refractivity contribution in [1.29, 1.82) is 0 Å². The molecule has 0 bridgehead atoms. The van der Waals surface area contributed by atoms with Gasteiger partial charge in [0.05, 0.1) is 17.2 Å². The largest absolute Gasteiger partial charge is 0.365 e. The highest BCUT2D eigenvalue weighted by molar-refractivity contribution is 5.75. The Morgan fingerprint density at radius 1 is 1.10 bits per heavy atom. The van der Waals surface area contributed by atoms with Crippen LogP contribution in [0, 0.1) is 5.82 Å². The van der Waals surface area contributed by atoms with E-state index in [1.54, 1.807) is 12.3 Å². The van der Waals surface area contributed by atoms with Gasteiger partial charge in [0.1, 0.15) is 11.6 Å². The first-order chi connectivity index (χ1) is 10.3. The van der Waals surface area contributed by atoms with Crippen molar-refractivity contribution in [2.75, 3.05) is 5.32 Å². The average Bonchev–Trinajstić information content (AvgIpc) is 2.53. The monoisotopic (exact) mass is 282 g/mol. The number of nitrogens with one attached hydrogen (secondary N) is 1. The van der Waals surface area contributed by atoms with E-state index >= 15 is 0 Å². The van der Waals surface area contributed by atoms with Crippen LogP contribution in [0.3, 0.4) is 0 Å². The van der Waals surface area contributed by atoms with Crippen LogP contribution in [-0.4, -0.2) is 9.97 Å². The zero-order valence-corrected chi connectivity index (χ0v) is 11.4. The molecule has 5 heteroatoms. The van der Waals surface area contributed by atoms with E-state index in [1.165, 1.54) is 6.07 Å². The molecular weight excluding hydrogens is 267 g/mol. The number of nitrogens with two attached hydrogens (primary N) is 1. The highest BCUT2D eigenvalue weighted by Crippen LogP contribution is 2.14. The second kappa shape index (κ2) is 5.85. The molecule has 4 nitrogen and oxygen atoms in total. The summed E-state index contributed by atoms with van der Waals surface area (Å²) in [5.41, 5.74) is 8.48. The Morgan fingerprint density at radius 2 is 1.90 bits per heavy atom. The number of fused-ring (bicyclic) bond motifs is 1. The molecule has 21 heavy (non-hydrogen) atoms. The summed E-state index contributed by atoms with van der Waals surface area (Å²) >= 11 is 0. The number of hydrogen-bond acceptors (Lipinski definition) is 4. The number of anilines is 1. The Hall–Kier alpha value is -2.53. The molecule has 0 saturated carbocycles. The van der Waals surface area contributed by atoms with Gasteiger partial charge in [-0.25, -0.2) is 9.37 Å². The van der Waals surface area contributed by atoms with Gasteiger partial charge in [0.25, 0.3) is 0 Å². The number of benzene rings is 2. The molecule has 2 aromatic carbocycles. The van der Waals surface area contributed by atoms with Gasteiger partial charge in [-0.05, 0) is 23.8 Å². The van der Waals surface area contributed by atoms with Crippen molar-refractivity contribution in [2.45, 2.75) is 13.1 Å². The van der Waals surface area contributed by atoms with Crippen LogP contribution in [0.4, 0.5) is 10.2 Å². The molecule has 0 aliphatic heterocycles. The van der Waals surface area contributed by atoms with Crippen molar-refractivity contribution in [3.63, 3.8) is 0 Å². The van der Waals surface area contributed by atoms with Crippen molar-refractivity contribution in [1.82, 2.24) is 9.97 Å². The van der Waals surface area contributed by atoms with Gasteiger partial charge >= 0.3 is 0 Å². The highest BCUT2D eigenvalue weighted by Gasteiger charge is 2.04. The summed E-state index contributed by atoms with van der Waals surface area (Å²) in [5, 5.41) is 3.09. The van der Waals surface area contributed by atoms with Gasteiger partial charge in [0, 0.05) is 18.7 Å². The molecule has 0 aliphatic rings. The number of rotatable bonds is 4. The zero-order valence-electron chi connectivity index (χ0n) is 11.4. The molecule has 3 rings (SSSR count). The molecule has 3 N–H and O–H groups in total. The predicted molar refractivity (Wildman–Crippen MR) is 81.2 cm³/mol.